The summed E-state index contributed by atoms with van der Waals surface area (Å²) < 4.78 is 0. The zero-order valence-electron chi connectivity index (χ0n) is 33.0. The van der Waals surface area contributed by atoms with E-state index in [0.717, 1.165) is 89.1 Å². The van der Waals surface area contributed by atoms with E-state index >= 15 is 0 Å². The summed E-state index contributed by atoms with van der Waals surface area (Å²) in [6, 6.07) is 20.9. The molecule has 294 valence electrons. The molecular weight excluding hydrogens is 669 g/mol. The molecule has 2 saturated carbocycles. The average molecular weight is 737 g/mol. The molecule has 4 amide bonds. The molecule has 4 heterocycles. The number of urea groups is 2. The quantitative estimate of drug-likeness (QED) is 0.158. The molecule has 8 nitrogen and oxygen atoms in total. The van der Waals surface area contributed by atoms with Crippen LogP contribution in [0.1, 0.15) is 175 Å². The molecule has 2 saturated heterocycles. The van der Waals surface area contributed by atoms with Crippen molar-refractivity contribution < 1.29 is 9.59 Å². The summed E-state index contributed by atoms with van der Waals surface area (Å²) >= 11 is 0. The van der Waals surface area contributed by atoms with Gasteiger partial charge in [0.15, 0.2) is 0 Å². The van der Waals surface area contributed by atoms with Gasteiger partial charge in [0, 0.05) is 49.3 Å². The molecule has 0 spiro atoms. The lowest BCUT2D eigenvalue weighted by Crippen LogP contribution is -2.46. The molecule has 4 aliphatic heterocycles. The Bertz CT molecular complexity index is 1390. The number of nitrogens with two attached hydrogens (primary N) is 2. The Kier molecular flexibility index (Phi) is 12.2. The molecular formula is C46H68N6O2. The van der Waals surface area contributed by atoms with Gasteiger partial charge in [-0.05, 0) is 150 Å². The predicted octanol–water partition coefficient (Wildman–Crippen LogP) is 9.77. The highest BCUT2D eigenvalue weighted by Gasteiger charge is 2.44. The smallest absolute Gasteiger partial charge is 0.315 e. The van der Waals surface area contributed by atoms with Crippen molar-refractivity contribution in [3.63, 3.8) is 0 Å². The van der Waals surface area contributed by atoms with Crippen LogP contribution in [0.15, 0.2) is 48.5 Å². The first-order valence-electron chi connectivity index (χ1n) is 22.3. The molecule has 8 heteroatoms. The number of unbranched alkanes of at least 4 members (excludes halogenated alkanes) is 5. The molecule has 4 atom stereocenters. The molecule has 0 unspecified atom stereocenters. The molecule has 54 heavy (non-hydrogen) atoms. The van der Waals surface area contributed by atoms with Crippen LogP contribution < -0.4 is 11.5 Å². The van der Waals surface area contributed by atoms with Crippen molar-refractivity contribution >= 4 is 12.1 Å². The maximum Gasteiger partial charge on any atom is 0.315 e. The van der Waals surface area contributed by atoms with Crippen LogP contribution >= 0.6 is 0 Å². The minimum absolute atomic E-state index is 0.241. The number of fused-ring (bicyclic) bond motifs is 10. The number of carbonyl (C=O) groups excluding carboxylic acids is 2. The Morgan fingerprint density at radius 1 is 0.481 bits per heavy atom. The fraction of sp³-hybridized carbons (Fsp3) is 0.696. The first-order valence-corrected chi connectivity index (χ1v) is 22.3. The molecule has 4 fully saturated rings. The molecule has 6 aliphatic rings. The largest absolute Gasteiger partial charge is 0.351 e. The van der Waals surface area contributed by atoms with Crippen LogP contribution in [0.3, 0.4) is 0 Å². The second-order valence-electron chi connectivity index (χ2n) is 18.1. The van der Waals surface area contributed by atoms with Gasteiger partial charge in [0.2, 0.25) is 0 Å². The lowest BCUT2D eigenvalue weighted by atomic mass is 9.83. The summed E-state index contributed by atoms with van der Waals surface area (Å²) in [7, 11) is 0. The maximum atomic E-state index is 12.5. The van der Waals surface area contributed by atoms with E-state index in [4.69, 9.17) is 11.5 Å². The fourth-order valence-corrected chi connectivity index (χ4v) is 12.3. The van der Waals surface area contributed by atoms with Crippen molar-refractivity contribution in [1.29, 1.82) is 0 Å². The standard InChI is InChI=1S/C46H68N6O2/c47-45(53)49(35-19-15-33(16-20-35)27-31-51-41-23-24-42(51)38-12-6-5-11-37(38)41)29-9-3-1-2-4-10-30-50(46(48)54)36-21-17-34(18-22-36)28-32-52-43-25-26-44(52)40-14-8-7-13-39(40)43/h5-8,11-14,33-36,41-44H,1-4,9-10,15-32H2,(H2,47,53)(H2,48,54)/t33?,34?,35?,36?,41-,42+,43-,44+. The number of rotatable bonds is 17. The molecule has 0 radical (unpaired) electrons. The van der Waals surface area contributed by atoms with Crippen molar-refractivity contribution in [3.8, 4) is 0 Å². The minimum Gasteiger partial charge on any atom is -0.351 e. The summed E-state index contributed by atoms with van der Waals surface area (Å²) in [5.74, 6) is 1.53. The number of carbonyl (C=O) groups is 2. The Labute approximate surface area is 325 Å². The maximum absolute atomic E-state index is 12.5. The molecule has 8 rings (SSSR count). The number of hydrogen-bond donors (Lipinski definition) is 2. The zero-order valence-corrected chi connectivity index (χ0v) is 33.0. The molecule has 2 aromatic rings. The molecule has 2 aliphatic carbocycles. The first-order chi connectivity index (χ1) is 26.5. The van der Waals surface area contributed by atoms with E-state index in [9.17, 15) is 9.59 Å². The van der Waals surface area contributed by atoms with Crippen LogP contribution in [-0.4, -0.2) is 69.9 Å². The topological polar surface area (TPSA) is 99.1 Å². The number of amides is 4. The van der Waals surface area contributed by atoms with Gasteiger partial charge in [-0.1, -0.05) is 74.2 Å². The van der Waals surface area contributed by atoms with Crippen LogP contribution in [0.2, 0.25) is 0 Å². The van der Waals surface area contributed by atoms with Gasteiger partial charge in [0.25, 0.3) is 0 Å². The van der Waals surface area contributed by atoms with Crippen molar-refractivity contribution in [1.82, 2.24) is 19.6 Å². The number of nitrogens with zero attached hydrogens (tertiary/aromatic N) is 4. The third kappa shape index (κ3) is 8.07. The number of benzene rings is 2. The Morgan fingerprint density at radius 2 is 0.796 bits per heavy atom. The van der Waals surface area contributed by atoms with E-state index in [0.29, 0.717) is 36.3 Å². The summed E-state index contributed by atoms with van der Waals surface area (Å²) in [6.07, 6.45) is 23.6. The molecule has 0 aromatic heterocycles. The van der Waals surface area contributed by atoms with E-state index < -0.39 is 0 Å². The van der Waals surface area contributed by atoms with Gasteiger partial charge < -0.3 is 21.3 Å². The van der Waals surface area contributed by atoms with Gasteiger partial charge in [-0.2, -0.15) is 0 Å². The fourth-order valence-electron chi connectivity index (χ4n) is 12.3. The van der Waals surface area contributed by atoms with Crippen LogP contribution in [-0.2, 0) is 0 Å². The van der Waals surface area contributed by atoms with Crippen molar-refractivity contribution in [3.05, 3.63) is 70.8 Å². The summed E-state index contributed by atoms with van der Waals surface area (Å²) in [6.45, 7) is 3.98. The predicted molar refractivity (Wildman–Crippen MR) is 217 cm³/mol. The van der Waals surface area contributed by atoms with Gasteiger partial charge >= 0.3 is 12.1 Å². The van der Waals surface area contributed by atoms with Crippen molar-refractivity contribution in [2.75, 3.05) is 26.2 Å². The monoisotopic (exact) mass is 737 g/mol. The normalized spacial score (nSPS) is 30.0. The Hall–Kier alpha value is -3.10. The van der Waals surface area contributed by atoms with E-state index in [1.807, 2.05) is 9.80 Å². The lowest BCUT2D eigenvalue weighted by molar-refractivity contribution is 0.136. The Balaban J connectivity index is 0.672. The third-order valence-electron chi connectivity index (χ3n) is 15.2. The molecule has 2 aromatic carbocycles. The molecule has 4 N–H and O–H groups in total. The van der Waals surface area contributed by atoms with Gasteiger partial charge in [0.1, 0.15) is 0 Å². The van der Waals surface area contributed by atoms with Crippen molar-refractivity contribution in [2.24, 2.45) is 23.3 Å². The van der Waals surface area contributed by atoms with Crippen molar-refractivity contribution in [2.45, 2.75) is 165 Å². The van der Waals surface area contributed by atoms with E-state index in [1.54, 1.807) is 22.3 Å². The van der Waals surface area contributed by atoms with Gasteiger partial charge in [0.05, 0.1) is 0 Å². The van der Waals surface area contributed by atoms with Crippen LogP contribution in [0, 0.1) is 11.8 Å². The van der Waals surface area contributed by atoms with Crippen LogP contribution in [0.25, 0.3) is 0 Å². The highest BCUT2D eigenvalue weighted by molar-refractivity contribution is 5.72. The van der Waals surface area contributed by atoms with Gasteiger partial charge in [-0.15, -0.1) is 0 Å². The van der Waals surface area contributed by atoms with Gasteiger partial charge in [-0.3, -0.25) is 9.80 Å². The van der Waals surface area contributed by atoms with Crippen LogP contribution in [0.5, 0.6) is 0 Å². The summed E-state index contributed by atoms with van der Waals surface area (Å²) in [4.78, 5) is 34.5. The minimum atomic E-state index is -0.241. The SMILES string of the molecule is NC(=O)N(CCCCCCCCN(C(N)=O)C1CCC(CCN2[C@@H]3CC[C@H]2c2ccccc23)CC1)C1CCC(CCN2[C@@H]3CC[C@H]2c2ccccc23)CC1. The number of primary amides is 2. The first kappa shape index (κ1) is 37.8. The highest BCUT2D eigenvalue weighted by atomic mass is 16.2. The van der Waals surface area contributed by atoms with Crippen LogP contribution in [0.4, 0.5) is 9.59 Å². The average Bonchev–Trinajstić information content (AvgIpc) is 3.96. The zero-order chi connectivity index (χ0) is 37.0. The van der Waals surface area contributed by atoms with E-state index in [1.165, 1.54) is 77.3 Å². The molecule has 4 bridgehead atoms. The second-order valence-corrected chi connectivity index (χ2v) is 18.1. The second kappa shape index (κ2) is 17.4. The third-order valence-corrected chi connectivity index (χ3v) is 15.2. The summed E-state index contributed by atoms with van der Waals surface area (Å²) in [5.41, 5.74) is 18.2. The van der Waals surface area contributed by atoms with E-state index in [-0.39, 0.29) is 12.1 Å². The Morgan fingerprint density at radius 3 is 1.11 bits per heavy atom. The highest BCUT2D eigenvalue weighted by Crippen LogP contribution is 2.54. The van der Waals surface area contributed by atoms with Gasteiger partial charge in [-0.25, -0.2) is 9.59 Å². The lowest BCUT2D eigenvalue weighted by Gasteiger charge is -2.37. The number of hydrogen-bond acceptors (Lipinski definition) is 4. The van der Waals surface area contributed by atoms with E-state index in [2.05, 4.69) is 58.3 Å². The summed E-state index contributed by atoms with van der Waals surface area (Å²) in [5, 5.41) is 0.